The third-order valence-electron chi connectivity index (χ3n) is 16.7. The van der Waals surface area contributed by atoms with Crippen molar-refractivity contribution in [2.24, 2.45) is 101 Å². The van der Waals surface area contributed by atoms with Gasteiger partial charge in [0.25, 0.3) is 0 Å². The van der Waals surface area contributed by atoms with E-state index in [4.69, 9.17) is 0 Å². The second-order valence-corrected chi connectivity index (χ2v) is 21.5. The van der Waals surface area contributed by atoms with E-state index in [1.165, 1.54) is 109 Å². The summed E-state index contributed by atoms with van der Waals surface area (Å²) >= 11 is 0. The normalized spacial score (nSPS) is 39.1. The Bertz CT molecular complexity index is 854. The van der Waals surface area contributed by atoms with Crippen LogP contribution in [0.4, 0.5) is 0 Å². The summed E-state index contributed by atoms with van der Waals surface area (Å²) in [6.07, 6.45) is 28.0. The van der Waals surface area contributed by atoms with Crippen molar-refractivity contribution in [1.82, 2.24) is 0 Å². The van der Waals surface area contributed by atoms with Crippen LogP contribution in [0.2, 0.25) is 0 Å². The van der Waals surface area contributed by atoms with E-state index in [9.17, 15) is 0 Å². The van der Waals surface area contributed by atoms with Crippen LogP contribution in [0.1, 0.15) is 240 Å². The summed E-state index contributed by atoms with van der Waals surface area (Å²) in [5.41, 5.74) is 0. The highest BCUT2D eigenvalue weighted by molar-refractivity contribution is 4.89. The maximum atomic E-state index is 2.61. The van der Waals surface area contributed by atoms with E-state index in [0.717, 1.165) is 101 Å². The summed E-state index contributed by atoms with van der Waals surface area (Å²) in [5.74, 6) is 16.5. The molecule has 318 valence electrons. The molecule has 0 heteroatoms. The SMILES string of the molecule is CC.CCC(C)CC1CCC2CCC(C)C(C)C2C1.CCC1CCC(C)CC(C)C(CC2CCCC(C)C(C)C(C)C2)C1C.CCCC(C)CC(C)C. The third kappa shape index (κ3) is 18.4. The van der Waals surface area contributed by atoms with Crippen LogP contribution < -0.4 is 0 Å². The van der Waals surface area contributed by atoms with Crippen molar-refractivity contribution in [3.05, 3.63) is 0 Å². The largest absolute Gasteiger partial charge is 0.0683 e. The smallest absolute Gasteiger partial charge is 0.0355 e. The van der Waals surface area contributed by atoms with Gasteiger partial charge >= 0.3 is 0 Å². The fraction of sp³-hybridized carbons (Fsp3) is 1.00. The van der Waals surface area contributed by atoms with Crippen LogP contribution in [0.25, 0.3) is 0 Å². The Kier molecular flexibility index (Phi) is 26.6. The van der Waals surface area contributed by atoms with Gasteiger partial charge in [-0.25, -0.2) is 0 Å². The van der Waals surface area contributed by atoms with Crippen molar-refractivity contribution in [2.75, 3.05) is 0 Å². The molecule has 4 aliphatic carbocycles. The minimum absolute atomic E-state index is 0.881. The van der Waals surface area contributed by atoms with Crippen LogP contribution in [0, 0.1) is 101 Å². The van der Waals surface area contributed by atoms with Gasteiger partial charge in [-0.05, 0) is 158 Å². The topological polar surface area (TPSA) is 0 Å². The van der Waals surface area contributed by atoms with Crippen LogP contribution in [-0.2, 0) is 0 Å². The molecule has 0 aromatic rings. The van der Waals surface area contributed by atoms with Crippen LogP contribution in [0.5, 0.6) is 0 Å². The van der Waals surface area contributed by atoms with Crippen LogP contribution in [-0.4, -0.2) is 0 Å². The molecule has 0 aromatic carbocycles. The van der Waals surface area contributed by atoms with Gasteiger partial charge in [-0.2, -0.15) is 0 Å². The van der Waals surface area contributed by atoms with Crippen LogP contribution in [0.3, 0.4) is 0 Å². The molecule has 0 nitrogen and oxygen atoms in total. The van der Waals surface area contributed by atoms with E-state index in [-0.39, 0.29) is 0 Å². The quantitative estimate of drug-likeness (QED) is 0.209. The van der Waals surface area contributed by atoms with Crippen molar-refractivity contribution in [2.45, 2.75) is 240 Å². The molecule has 0 heterocycles. The zero-order chi connectivity index (χ0) is 40.2. The molecular weight excluding hydrogens is 637 g/mol. The van der Waals surface area contributed by atoms with E-state index in [1.807, 2.05) is 13.8 Å². The van der Waals surface area contributed by atoms with Gasteiger partial charge in [-0.1, -0.05) is 182 Å². The van der Waals surface area contributed by atoms with Crippen molar-refractivity contribution in [3.63, 3.8) is 0 Å². The van der Waals surface area contributed by atoms with Gasteiger partial charge in [0.05, 0.1) is 0 Å². The number of hydrogen-bond acceptors (Lipinski definition) is 0. The van der Waals surface area contributed by atoms with Gasteiger partial charge in [0.15, 0.2) is 0 Å². The fourth-order valence-corrected chi connectivity index (χ4v) is 12.5. The molecule has 4 aliphatic rings. The van der Waals surface area contributed by atoms with Gasteiger partial charge in [0, 0.05) is 0 Å². The van der Waals surface area contributed by atoms with Gasteiger partial charge < -0.3 is 0 Å². The molecule has 0 bridgehead atoms. The first-order valence-corrected chi connectivity index (χ1v) is 25.1. The van der Waals surface area contributed by atoms with E-state index in [1.54, 1.807) is 12.8 Å². The molecule has 53 heavy (non-hydrogen) atoms. The van der Waals surface area contributed by atoms with E-state index in [2.05, 4.69) is 104 Å². The molecule has 0 saturated heterocycles. The zero-order valence-electron chi connectivity index (χ0n) is 40.2. The van der Waals surface area contributed by atoms with E-state index >= 15 is 0 Å². The lowest BCUT2D eigenvalue weighted by Gasteiger charge is -2.46. The standard InChI is InChI=1S/C25H48.C17H32.C9H20.C2H6/c1-8-24-13-12-17(2)14-20(5)25(22(24)7)16-23-11-9-10-18(3)21(6)19(4)15-23;1-5-12(2)10-15-7-9-16-8-6-13(3)14(4)17(16)11-15;1-5-6-9(4)7-8(2)3;1-2/h17-25H,8-16H2,1-7H3;12-17H,5-11H2,1-4H3;8-9H,5-7H2,1-4H3;1-2H3. The minimum Gasteiger partial charge on any atom is -0.0683 e. The molecule has 0 radical (unpaired) electrons. The Labute approximate surface area is 339 Å². The molecule has 4 saturated carbocycles. The lowest BCUT2D eigenvalue weighted by atomic mass is 9.60. The fourth-order valence-electron chi connectivity index (χ4n) is 12.5. The number of hydrogen-bond donors (Lipinski definition) is 0. The zero-order valence-corrected chi connectivity index (χ0v) is 40.2. The van der Waals surface area contributed by atoms with Crippen molar-refractivity contribution >= 4 is 0 Å². The summed E-state index contributed by atoms with van der Waals surface area (Å²) in [6.45, 7) is 40.7. The molecule has 0 amide bonds. The molecule has 0 spiro atoms. The highest BCUT2D eigenvalue weighted by atomic mass is 14.4. The van der Waals surface area contributed by atoms with E-state index in [0.29, 0.717) is 0 Å². The summed E-state index contributed by atoms with van der Waals surface area (Å²) in [6, 6.07) is 0. The first-order valence-electron chi connectivity index (χ1n) is 25.1. The highest BCUT2D eigenvalue weighted by Gasteiger charge is 2.39. The van der Waals surface area contributed by atoms with Crippen molar-refractivity contribution < 1.29 is 0 Å². The predicted octanol–water partition coefficient (Wildman–Crippen LogP) is 18.2. The van der Waals surface area contributed by atoms with E-state index < -0.39 is 0 Å². The first-order chi connectivity index (χ1) is 25.1. The lowest BCUT2D eigenvalue weighted by molar-refractivity contribution is 0.0431. The maximum Gasteiger partial charge on any atom is -0.0355 e. The Hall–Kier alpha value is 0. The summed E-state index contributed by atoms with van der Waals surface area (Å²) in [5, 5.41) is 0. The van der Waals surface area contributed by atoms with Gasteiger partial charge in [-0.3, -0.25) is 0 Å². The molecule has 0 N–H and O–H groups in total. The Balaban J connectivity index is 0.000000432. The van der Waals surface area contributed by atoms with Gasteiger partial charge in [0.1, 0.15) is 0 Å². The van der Waals surface area contributed by atoms with Gasteiger partial charge in [0.2, 0.25) is 0 Å². The average Bonchev–Trinajstić information content (AvgIpc) is 3.12. The van der Waals surface area contributed by atoms with Gasteiger partial charge in [-0.15, -0.1) is 0 Å². The average molecular weight is 743 g/mol. The molecule has 4 fully saturated rings. The lowest BCUT2D eigenvalue weighted by Crippen LogP contribution is -2.36. The summed E-state index contributed by atoms with van der Waals surface area (Å²) in [4.78, 5) is 0. The minimum atomic E-state index is 0.881. The molecule has 16 unspecified atom stereocenters. The van der Waals surface area contributed by atoms with Crippen molar-refractivity contribution in [1.29, 1.82) is 0 Å². The van der Waals surface area contributed by atoms with Crippen molar-refractivity contribution in [3.8, 4) is 0 Å². The maximum absolute atomic E-state index is 2.61. The second-order valence-electron chi connectivity index (χ2n) is 21.5. The third-order valence-corrected chi connectivity index (χ3v) is 16.7. The Morgan fingerprint density at radius 3 is 1.79 bits per heavy atom. The summed E-state index contributed by atoms with van der Waals surface area (Å²) in [7, 11) is 0. The van der Waals surface area contributed by atoms with Crippen LogP contribution >= 0.6 is 0 Å². The number of rotatable bonds is 10. The Morgan fingerprint density at radius 1 is 0.547 bits per heavy atom. The Morgan fingerprint density at radius 2 is 1.19 bits per heavy atom. The molecule has 0 aromatic heterocycles. The predicted molar refractivity (Wildman–Crippen MR) is 244 cm³/mol. The molecule has 4 rings (SSSR count). The monoisotopic (exact) mass is 743 g/mol. The molecule has 0 aliphatic heterocycles. The summed E-state index contributed by atoms with van der Waals surface area (Å²) < 4.78 is 0. The highest BCUT2D eigenvalue weighted by Crippen LogP contribution is 2.49. The first kappa shape index (κ1) is 51.0. The molecular formula is C53H106. The second kappa shape index (κ2) is 27.6. The molecule has 16 atom stereocenters. The van der Waals surface area contributed by atoms with Crippen LogP contribution in [0.15, 0.2) is 0 Å². The number of fused-ring (bicyclic) bond motifs is 1.